The van der Waals surface area contributed by atoms with Crippen LogP contribution in [0.4, 0.5) is 0 Å². The summed E-state index contributed by atoms with van der Waals surface area (Å²) in [5.41, 5.74) is 1.08. The lowest BCUT2D eigenvalue weighted by atomic mass is 9.74. The van der Waals surface area contributed by atoms with Gasteiger partial charge in [-0.2, -0.15) is 0 Å². The number of carbonyl (C=O) groups is 1. The van der Waals surface area contributed by atoms with Crippen LogP contribution in [0.1, 0.15) is 75.8 Å². The van der Waals surface area contributed by atoms with Crippen molar-refractivity contribution in [3.63, 3.8) is 0 Å². The van der Waals surface area contributed by atoms with Crippen molar-refractivity contribution in [2.75, 3.05) is 12.9 Å². The Hall–Kier alpha value is -0.960. The molecule has 1 aromatic rings. The van der Waals surface area contributed by atoms with Crippen molar-refractivity contribution in [3.05, 3.63) is 29.8 Å². The fourth-order valence-electron chi connectivity index (χ4n) is 5.74. The van der Waals surface area contributed by atoms with Crippen molar-refractivity contribution in [3.8, 4) is 0 Å². The molecule has 2 saturated heterocycles. The van der Waals surface area contributed by atoms with E-state index in [4.69, 9.17) is 4.74 Å². The van der Waals surface area contributed by atoms with E-state index in [9.17, 15) is 13.2 Å². The van der Waals surface area contributed by atoms with E-state index in [1.165, 1.54) is 51.2 Å². The largest absolute Gasteiger partial charge is 0.367 e. The van der Waals surface area contributed by atoms with E-state index in [0.29, 0.717) is 29.8 Å². The predicted molar refractivity (Wildman–Crippen MR) is 133 cm³/mol. The molecule has 4 rings (SSSR count). The number of alkyl halides is 1. The highest BCUT2D eigenvalue weighted by Crippen LogP contribution is 2.39. The minimum absolute atomic E-state index is 0.0426. The van der Waals surface area contributed by atoms with Gasteiger partial charge < -0.3 is 10.1 Å². The molecule has 2 heterocycles. The van der Waals surface area contributed by atoms with Gasteiger partial charge in [-0.1, -0.05) is 73.0 Å². The molecule has 33 heavy (non-hydrogen) atoms. The molecule has 184 valence electrons. The summed E-state index contributed by atoms with van der Waals surface area (Å²) < 4.78 is 29.4. The van der Waals surface area contributed by atoms with Crippen molar-refractivity contribution in [2.24, 2.45) is 11.8 Å². The first-order valence-corrected chi connectivity index (χ1v) is 15.2. The van der Waals surface area contributed by atoms with Crippen LogP contribution in [0.15, 0.2) is 29.2 Å². The highest BCUT2D eigenvalue weighted by atomic mass is 79.9. The summed E-state index contributed by atoms with van der Waals surface area (Å²) in [5, 5.41) is 6.86. The lowest BCUT2D eigenvalue weighted by Crippen LogP contribution is -2.54. The first-order valence-electron chi connectivity index (χ1n) is 12.4. The molecule has 5 unspecified atom stereocenters. The van der Waals surface area contributed by atoms with Gasteiger partial charge in [0.2, 0.25) is 5.91 Å². The molecule has 2 N–H and O–H groups in total. The van der Waals surface area contributed by atoms with Gasteiger partial charge in [-0.3, -0.25) is 10.1 Å². The summed E-state index contributed by atoms with van der Waals surface area (Å²) in [7, 11) is -3.22. The number of amides is 1. The van der Waals surface area contributed by atoms with Crippen molar-refractivity contribution in [1.82, 2.24) is 10.6 Å². The molecule has 0 radical (unpaired) electrons. The van der Waals surface area contributed by atoms with Crippen LogP contribution in [0, 0.1) is 11.8 Å². The number of nitrogens with one attached hydrogen (secondary N) is 2. The van der Waals surface area contributed by atoms with Gasteiger partial charge in [-0.25, -0.2) is 8.42 Å². The maximum Gasteiger partial charge on any atom is 0.250 e. The standard InChI is InChI=1S/C25H37BrN2O4S/c1-33(30,31)21-11-9-18(10-12-21)22-13-19(17-7-5-3-2-4-6-8-17)14-24(27-22)28-25(29)23-15-20(26)16-32-23/h9-12,17,19-20,22-24,27H,2-8,13-16H2,1H3,(H,28,29). The van der Waals surface area contributed by atoms with Gasteiger partial charge >= 0.3 is 0 Å². The Bertz CT molecular complexity index is 899. The van der Waals surface area contributed by atoms with Crippen LogP contribution < -0.4 is 10.6 Å². The summed E-state index contributed by atoms with van der Waals surface area (Å²) in [6, 6.07) is 7.32. The average molecular weight is 542 g/mol. The normalized spacial score (nSPS) is 32.1. The van der Waals surface area contributed by atoms with Crippen molar-refractivity contribution < 1.29 is 17.9 Å². The van der Waals surface area contributed by atoms with Crippen LogP contribution in [-0.2, 0) is 19.4 Å². The fraction of sp³-hybridized carbons (Fsp3) is 0.720. The molecule has 2 aliphatic heterocycles. The fourth-order valence-corrected chi connectivity index (χ4v) is 6.86. The van der Waals surface area contributed by atoms with E-state index in [-0.39, 0.29) is 22.9 Å². The number of hydrogen-bond donors (Lipinski definition) is 2. The number of sulfone groups is 1. The van der Waals surface area contributed by atoms with Crippen molar-refractivity contribution >= 4 is 31.7 Å². The highest BCUT2D eigenvalue weighted by Gasteiger charge is 2.36. The second-order valence-electron chi connectivity index (χ2n) is 10.1. The maximum atomic E-state index is 12.9. The van der Waals surface area contributed by atoms with Crippen LogP contribution >= 0.6 is 15.9 Å². The molecule has 8 heteroatoms. The van der Waals surface area contributed by atoms with E-state index in [2.05, 4.69) is 26.6 Å². The van der Waals surface area contributed by atoms with Gasteiger partial charge in [0, 0.05) is 17.1 Å². The third-order valence-electron chi connectivity index (χ3n) is 7.56. The number of ether oxygens (including phenoxy) is 1. The molecule has 1 aromatic carbocycles. The summed E-state index contributed by atoms with van der Waals surface area (Å²) in [6.07, 6.45) is 12.5. The highest BCUT2D eigenvalue weighted by molar-refractivity contribution is 9.09. The Kier molecular flexibility index (Phi) is 8.52. The quantitative estimate of drug-likeness (QED) is 0.537. The molecule has 0 spiro atoms. The number of piperidine rings is 1. The summed E-state index contributed by atoms with van der Waals surface area (Å²) in [6.45, 7) is 0.566. The van der Waals surface area contributed by atoms with Crippen LogP contribution in [0.25, 0.3) is 0 Å². The lowest BCUT2D eigenvalue weighted by molar-refractivity contribution is -0.131. The van der Waals surface area contributed by atoms with Crippen molar-refractivity contribution in [2.45, 2.75) is 92.2 Å². The zero-order valence-electron chi connectivity index (χ0n) is 19.5. The Balaban J connectivity index is 1.50. The summed E-state index contributed by atoms with van der Waals surface area (Å²) in [5.74, 6) is 1.17. The molecule has 5 atom stereocenters. The lowest BCUT2D eigenvalue weighted by Gasteiger charge is -2.41. The predicted octanol–water partition coefficient (Wildman–Crippen LogP) is 4.49. The van der Waals surface area contributed by atoms with Crippen molar-refractivity contribution in [1.29, 1.82) is 0 Å². The number of rotatable bonds is 5. The second kappa shape index (κ2) is 11.2. The SMILES string of the molecule is CS(=O)(=O)c1ccc(C2CC(C3CCCCCCC3)CC(NC(=O)C3CC(Br)CO3)N2)cc1. The average Bonchev–Trinajstić information content (AvgIpc) is 3.19. The monoisotopic (exact) mass is 540 g/mol. The minimum atomic E-state index is -3.22. The smallest absolute Gasteiger partial charge is 0.250 e. The Morgan fingerprint density at radius 2 is 1.67 bits per heavy atom. The Morgan fingerprint density at radius 1 is 1.00 bits per heavy atom. The first-order chi connectivity index (χ1) is 15.8. The molecule has 0 aromatic heterocycles. The van der Waals surface area contributed by atoms with Crippen LogP contribution in [0.3, 0.4) is 0 Å². The zero-order valence-corrected chi connectivity index (χ0v) is 21.9. The van der Waals surface area contributed by atoms with Gasteiger partial charge in [0.1, 0.15) is 6.10 Å². The zero-order chi connectivity index (χ0) is 23.4. The summed E-state index contributed by atoms with van der Waals surface area (Å²) >= 11 is 3.54. The van der Waals surface area contributed by atoms with Gasteiger partial charge in [0.25, 0.3) is 0 Å². The van der Waals surface area contributed by atoms with Crippen LogP contribution in [0.2, 0.25) is 0 Å². The Morgan fingerprint density at radius 3 is 2.27 bits per heavy atom. The van der Waals surface area contributed by atoms with E-state index < -0.39 is 15.9 Å². The van der Waals surface area contributed by atoms with E-state index in [1.807, 2.05) is 12.1 Å². The van der Waals surface area contributed by atoms with E-state index in [0.717, 1.165) is 18.4 Å². The minimum Gasteiger partial charge on any atom is -0.367 e. The third-order valence-corrected chi connectivity index (χ3v) is 9.33. The molecule has 1 aliphatic carbocycles. The molecule has 3 fully saturated rings. The Labute approximate surface area is 206 Å². The topological polar surface area (TPSA) is 84.5 Å². The van der Waals surface area contributed by atoms with Gasteiger partial charge in [-0.05, 0) is 48.8 Å². The number of carbonyl (C=O) groups excluding carboxylic acids is 1. The molecule has 6 nitrogen and oxygen atoms in total. The number of hydrogen-bond acceptors (Lipinski definition) is 5. The molecule has 0 bridgehead atoms. The number of benzene rings is 1. The van der Waals surface area contributed by atoms with Crippen LogP contribution in [-0.4, -0.2) is 44.3 Å². The molecule has 1 amide bonds. The van der Waals surface area contributed by atoms with Crippen LogP contribution in [0.5, 0.6) is 0 Å². The second-order valence-corrected chi connectivity index (χ2v) is 13.4. The van der Waals surface area contributed by atoms with Gasteiger partial charge in [-0.15, -0.1) is 0 Å². The van der Waals surface area contributed by atoms with E-state index >= 15 is 0 Å². The molecular formula is C25H37BrN2O4S. The molecule has 1 saturated carbocycles. The summed E-state index contributed by atoms with van der Waals surface area (Å²) in [4.78, 5) is 13.4. The first kappa shape index (κ1) is 25.1. The van der Waals surface area contributed by atoms with Gasteiger partial charge in [0.15, 0.2) is 9.84 Å². The van der Waals surface area contributed by atoms with E-state index in [1.54, 1.807) is 12.1 Å². The molecule has 3 aliphatic rings. The van der Waals surface area contributed by atoms with Gasteiger partial charge in [0.05, 0.1) is 17.7 Å². The molecular weight excluding hydrogens is 504 g/mol. The maximum absolute atomic E-state index is 12.9. The number of halogens is 1. The third kappa shape index (κ3) is 6.80.